The molecule has 1 aliphatic carbocycles. The Balaban J connectivity index is 1.69. The highest BCUT2D eigenvalue weighted by Crippen LogP contribution is 2.42. The molecular weight excluding hydrogens is 594 g/mol. The Kier molecular flexibility index (Phi) is 10.1. The van der Waals surface area contributed by atoms with Crippen molar-refractivity contribution in [2.75, 3.05) is 6.61 Å². The van der Waals surface area contributed by atoms with Crippen molar-refractivity contribution in [3.8, 4) is 0 Å². The third kappa shape index (κ3) is 7.74. The normalized spacial score (nSPS) is 31.3. The molecule has 4 rings (SSSR count). The number of aromatic nitrogens is 1. The molecular formula is C27H31NO14S. The predicted molar refractivity (Wildman–Crippen MR) is 140 cm³/mol. The summed E-state index contributed by atoms with van der Waals surface area (Å²) in [5, 5.41) is 0. The maximum Gasteiger partial charge on any atom is 0.339 e. The predicted octanol–water partition coefficient (Wildman–Crippen LogP) is 0.593. The molecule has 2 aliphatic heterocycles. The van der Waals surface area contributed by atoms with Crippen LogP contribution < -0.4 is 4.84 Å². The lowest BCUT2D eigenvalue weighted by Gasteiger charge is -2.45. The number of hydrogen-bond donors (Lipinski definition) is 0. The number of fused-ring (bicyclic) bond motifs is 2. The van der Waals surface area contributed by atoms with Gasteiger partial charge in [0.2, 0.25) is 0 Å². The van der Waals surface area contributed by atoms with Crippen LogP contribution in [0.3, 0.4) is 0 Å². The van der Waals surface area contributed by atoms with E-state index >= 15 is 0 Å². The van der Waals surface area contributed by atoms with Crippen molar-refractivity contribution in [3.05, 3.63) is 29.0 Å². The number of carbonyl (C=O) groups is 6. The standard InChI is InChI=1S/C27H31NO14S/c1-12(29)35-11-19-22(36-13(2)30)23(37-14(3)31)24(38-15(4)32)27(41-19)40-18-10-16-9-17(25(33)39-16)21(18)26(34)42-28-8-6-5-7-20(28)43/h5-8,16-19,21-24,27H,9-11H2,1-4H3/t16-,17+,18-,19+,21+,22+,23-,24+,27+/m0/s1. The van der Waals surface area contributed by atoms with Crippen LogP contribution in [0.5, 0.6) is 0 Å². The second-order valence-electron chi connectivity index (χ2n) is 10.2. The minimum absolute atomic E-state index is 0.0368. The molecule has 234 valence electrons. The minimum Gasteiger partial charge on any atom is -0.463 e. The van der Waals surface area contributed by atoms with E-state index in [-0.39, 0.29) is 17.5 Å². The van der Waals surface area contributed by atoms with Crippen molar-refractivity contribution in [1.29, 1.82) is 0 Å². The maximum absolute atomic E-state index is 13.5. The molecule has 3 fully saturated rings. The molecule has 9 atom stereocenters. The van der Waals surface area contributed by atoms with Gasteiger partial charge in [0.15, 0.2) is 24.6 Å². The summed E-state index contributed by atoms with van der Waals surface area (Å²) in [5.74, 6) is -6.72. The molecule has 16 heteroatoms. The molecule has 3 aliphatic rings. The summed E-state index contributed by atoms with van der Waals surface area (Å²) in [6.45, 7) is 3.95. The Morgan fingerprint density at radius 2 is 1.56 bits per heavy atom. The average molecular weight is 626 g/mol. The van der Waals surface area contributed by atoms with Crippen molar-refractivity contribution < 1.29 is 66.8 Å². The topological polar surface area (TPSA) is 181 Å². The van der Waals surface area contributed by atoms with Gasteiger partial charge in [-0.1, -0.05) is 18.3 Å². The molecule has 43 heavy (non-hydrogen) atoms. The average Bonchev–Trinajstić information content (AvgIpc) is 3.20. The van der Waals surface area contributed by atoms with E-state index in [4.69, 9.17) is 50.2 Å². The maximum atomic E-state index is 13.5. The first kappa shape index (κ1) is 32.0. The molecule has 0 spiro atoms. The first-order valence-electron chi connectivity index (χ1n) is 13.4. The van der Waals surface area contributed by atoms with Crippen molar-refractivity contribution in [2.45, 2.75) is 83.5 Å². The lowest BCUT2D eigenvalue weighted by molar-refractivity contribution is -0.322. The molecule has 2 bridgehead atoms. The number of hydrogen-bond acceptors (Lipinski definition) is 15. The van der Waals surface area contributed by atoms with Crippen LogP contribution in [0, 0.1) is 16.5 Å². The Bertz CT molecular complexity index is 1330. The summed E-state index contributed by atoms with van der Waals surface area (Å²) in [4.78, 5) is 79.6. The molecule has 0 amide bonds. The summed E-state index contributed by atoms with van der Waals surface area (Å²) < 4.78 is 40.2. The molecule has 3 heterocycles. The van der Waals surface area contributed by atoms with E-state index < -0.39 is 97.2 Å². The Labute approximate surface area is 250 Å². The van der Waals surface area contributed by atoms with Crippen molar-refractivity contribution in [3.63, 3.8) is 0 Å². The van der Waals surface area contributed by atoms with Gasteiger partial charge in [-0.15, -0.1) is 0 Å². The van der Waals surface area contributed by atoms with Crippen LogP contribution in [0.4, 0.5) is 0 Å². The van der Waals surface area contributed by atoms with Gasteiger partial charge in [-0.25, -0.2) is 4.79 Å². The fourth-order valence-electron chi connectivity index (χ4n) is 5.35. The van der Waals surface area contributed by atoms with Gasteiger partial charge >= 0.3 is 35.8 Å². The highest BCUT2D eigenvalue weighted by Gasteiger charge is 2.57. The van der Waals surface area contributed by atoms with Crippen LogP contribution in [-0.2, 0) is 61.9 Å². The number of carbonyl (C=O) groups excluding carboxylic acids is 6. The van der Waals surface area contributed by atoms with Gasteiger partial charge in [-0.05, 0) is 18.6 Å². The number of ether oxygens (including phenoxy) is 7. The van der Waals surface area contributed by atoms with Crippen molar-refractivity contribution in [1.82, 2.24) is 4.73 Å². The largest absolute Gasteiger partial charge is 0.463 e. The smallest absolute Gasteiger partial charge is 0.339 e. The van der Waals surface area contributed by atoms with Crippen LogP contribution in [0.1, 0.15) is 40.5 Å². The zero-order valence-electron chi connectivity index (χ0n) is 23.7. The third-order valence-electron chi connectivity index (χ3n) is 6.94. The van der Waals surface area contributed by atoms with E-state index in [1.165, 1.54) is 12.3 Å². The minimum atomic E-state index is -1.56. The quantitative estimate of drug-likeness (QED) is 0.211. The van der Waals surface area contributed by atoms with Crippen LogP contribution in [0.25, 0.3) is 0 Å². The molecule has 1 saturated carbocycles. The van der Waals surface area contributed by atoms with Gasteiger partial charge in [-0.2, -0.15) is 4.73 Å². The number of pyridine rings is 1. The molecule has 1 aromatic rings. The Morgan fingerprint density at radius 3 is 2.19 bits per heavy atom. The highest BCUT2D eigenvalue weighted by molar-refractivity contribution is 7.71. The molecule has 0 N–H and O–H groups in total. The first-order valence-corrected chi connectivity index (χ1v) is 13.8. The Morgan fingerprint density at radius 1 is 0.907 bits per heavy atom. The second-order valence-corrected chi connectivity index (χ2v) is 10.6. The summed E-state index contributed by atoms with van der Waals surface area (Å²) >= 11 is 5.20. The molecule has 2 saturated heterocycles. The third-order valence-corrected chi connectivity index (χ3v) is 7.25. The van der Waals surface area contributed by atoms with E-state index in [9.17, 15) is 28.8 Å². The molecule has 0 aromatic carbocycles. The van der Waals surface area contributed by atoms with Gasteiger partial charge < -0.3 is 38.0 Å². The van der Waals surface area contributed by atoms with Crippen molar-refractivity contribution >= 4 is 48.0 Å². The van der Waals surface area contributed by atoms with E-state index in [1.54, 1.807) is 12.1 Å². The zero-order valence-corrected chi connectivity index (χ0v) is 24.5. The van der Waals surface area contributed by atoms with Crippen LogP contribution in [-0.4, -0.2) is 90.1 Å². The lowest BCUT2D eigenvalue weighted by Crippen LogP contribution is -2.64. The SMILES string of the molecule is CC(=O)OC[C@H]1O[C@@H](O[C@H]2C[C@@H]3C[C@@H](C(=O)O3)[C@H]2C(=O)On2ccccc2=S)[C@H](OC(C)=O)[C@@H](OC(C)=O)[C@@H]1OC(C)=O. The number of rotatable bonds is 9. The monoisotopic (exact) mass is 625 g/mol. The van der Waals surface area contributed by atoms with Crippen LogP contribution in [0.15, 0.2) is 24.4 Å². The summed E-state index contributed by atoms with van der Waals surface area (Å²) in [7, 11) is 0. The fourth-order valence-corrected chi connectivity index (χ4v) is 5.53. The highest BCUT2D eigenvalue weighted by atomic mass is 32.1. The Hall–Kier alpha value is -3.89. The molecule has 0 radical (unpaired) electrons. The van der Waals surface area contributed by atoms with Gasteiger partial charge in [-0.3, -0.25) is 24.0 Å². The summed E-state index contributed by atoms with van der Waals surface area (Å²) in [6, 6.07) is 4.78. The number of nitrogens with zero attached hydrogens (tertiary/aromatic N) is 1. The van der Waals surface area contributed by atoms with Gasteiger partial charge in [0.25, 0.3) is 0 Å². The summed E-state index contributed by atoms with van der Waals surface area (Å²) in [5.41, 5.74) is 0. The fraction of sp³-hybridized carbons (Fsp3) is 0.593. The first-order chi connectivity index (χ1) is 20.3. The summed E-state index contributed by atoms with van der Waals surface area (Å²) in [6.07, 6.45) is -7.20. The van der Waals surface area contributed by atoms with Crippen LogP contribution >= 0.6 is 12.2 Å². The molecule has 15 nitrogen and oxygen atoms in total. The van der Waals surface area contributed by atoms with E-state index in [1.807, 2.05) is 0 Å². The molecule has 0 unspecified atom stereocenters. The number of esters is 5. The van der Waals surface area contributed by atoms with E-state index in [2.05, 4.69) is 0 Å². The van der Waals surface area contributed by atoms with Gasteiger partial charge in [0, 0.05) is 40.3 Å². The van der Waals surface area contributed by atoms with E-state index in [0.717, 1.165) is 32.4 Å². The zero-order chi connectivity index (χ0) is 31.4. The second kappa shape index (κ2) is 13.6. The van der Waals surface area contributed by atoms with Gasteiger partial charge in [0.1, 0.15) is 23.5 Å². The van der Waals surface area contributed by atoms with Gasteiger partial charge in [0.05, 0.1) is 17.9 Å². The van der Waals surface area contributed by atoms with E-state index in [0.29, 0.717) is 0 Å². The van der Waals surface area contributed by atoms with Crippen molar-refractivity contribution in [2.24, 2.45) is 11.8 Å². The lowest BCUT2D eigenvalue weighted by atomic mass is 9.77. The molecule has 1 aromatic heterocycles. The van der Waals surface area contributed by atoms with Crippen LogP contribution in [0.2, 0.25) is 0 Å².